The monoisotopic (exact) mass is 423 g/mol. The summed E-state index contributed by atoms with van der Waals surface area (Å²) in [6.07, 6.45) is 3.27. The molecule has 2 fully saturated rings. The third-order valence-corrected chi connectivity index (χ3v) is 7.19. The maximum atomic E-state index is 13.0. The maximum absolute atomic E-state index is 13.0. The first-order chi connectivity index (χ1) is 14.7. The molecule has 5 rings (SSSR count). The third kappa shape index (κ3) is 3.74. The molecule has 0 atom stereocenters. The highest BCUT2D eigenvalue weighted by Crippen LogP contribution is 2.31. The second-order valence-corrected chi connectivity index (χ2v) is 9.11. The van der Waals surface area contributed by atoms with E-state index in [0.717, 1.165) is 60.6 Å². The Hall–Kier alpha value is -2.67. The largest absolute Gasteiger partial charge is 0.440 e. The van der Waals surface area contributed by atoms with Crippen LogP contribution in [0.5, 0.6) is 0 Å². The van der Waals surface area contributed by atoms with Gasteiger partial charge in [-0.3, -0.25) is 9.59 Å². The summed E-state index contributed by atoms with van der Waals surface area (Å²) in [7, 11) is 0. The van der Waals surface area contributed by atoms with Crippen molar-refractivity contribution in [3.8, 4) is 0 Å². The fourth-order valence-corrected chi connectivity index (χ4v) is 5.25. The highest BCUT2D eigenvalue weighted by Gasteiger charge is 2.33. The lowest BCUT2D eigenvalue weighted by molar-refractivity contribution is -0.138. The number of carbonyl (C=O) groups excluding carboxylic acids is 2. The topological polar surface area (TPSA) is 66.7 Å². The molecule has 30 heavy (non-hydrogen) atoms. The molecule has 0 unspecified atom stereocenters. The van der Waals surface area contributed by atoms with Crippen molar-refractivity contribution in [2.75, 3.05) is 26.2 Å². The van der Waals surface area contributed by atoms with Crippen molar-refractivity contribution < 1.29 is 14.0 Å². The lowest BCUT2D eigenvalue weighted by atomic mass is 9.92. The summed E-state index contributed by atoms with van der Waals surface area (Å²) >= 11 is 1.47. The summed E-state index contributed by atoms with van der Waals surface area (Å²) in [4.78, 5) is 34.8. The van der Waals surface area contributed by atoms with Crippen LogP contribution in [0.4, 0.5) is 0 Å². The van der Waals surface area contributed by atoms with Gasteiger partial charge in [-0.25, -0.2) is 4.98 Å². The summed E-state index contributed by atoms with van der Waals surface area (Å²) in [5, 5.41) is 1.92. The molecule has 0 N–H and O–H groups in total. The first kappa shape index (κ1) is 19.3. The Morgan fingerprint density at radius 2 is 1.67 bits per heavy atom. The minimum atomic E-state index is 0.0262. The molecule has 0 aliphatic carbocycles. The molecule has 2 aliphatic heterocycles. The van der Waals surface area contributed by atoms with Gasteiger partial charge in [-0.1, -0.05) is 18.2 Å². The van der Waals surface area contributed by atoms with Gasteiger partial charge in [0, 0.05) is 38.0 Å². The number of likely N-dealkylation sites (tertiary alicyclic amines) is 2. The molecule has 6 nitrogen and oxygen atoms in total. The Labute approximate surface area is 179 Å². The predicted molar refractivity (Wildman–Crippen MR) is 116 cm³/mol. The van der Waals surface area contributed by atoms with Gasteiger partial charge in [-0.2, -0.15) is 0 Å². The van der Waals surface area contributed by atoms with Crippen molar-refractivity contribution in [1.29, 1.82) is 0 Å². The molecule has 7 heteroatoms. The number of fused-ring (bicyclic) bond motifs is 1. The molecule has 4 heterocycles. The lowest BCUT2D eigenvalue weighted by Crippen LogP contribution is -2.46. The highest BCUT2D eigenvalue weighted by molar-refractivity contribution is 7.12. The van der Waals surface area contributed by atoms with Crippen LogP contribution in [0.2, 0.25) is 0 Å². The van der Waals surface area contributed by atoms with Crippen LogP contribution in [-0.2, 0) is 4.79 Å². The van der Waals surface area contributed by atoms with E-state index in [1.165, 1.54) is 11.3 Å². The molecule has 2 aliphatic rings. The van der Waals surface area contributed by atoms with Crippen LogP contribution < -0.4 is 0 Å². The second-order valence-electron chi connectivity index (χ2n) is 8.16. The normalized spacial score (nSPS) is 18.8. The zero-order chi connectivity index (χ0) is 20.5. The van der Waals surface area contributed by atoms with E-state index in [0.29, 0.717) is 13.1 Å². The van der Waals surface area contributed by atoms with E-state index < -0.39 is 0 Å². The number of hydrogen-bond acceptors (Lipinski definition) is 5. The molecule has 2 saturated heterocycles. The van der Waals surface area contributed by atoms with Crippen LogP contribution in [0, 0.1) is 5.92 Å². The van der Waals surface area contributed by atoms with Gasteiger partial charge in [0.2, 0.25) is 5.91 Å². The van der Waals surface area contributed by atoms with Crippen LogP contribution in [0.25, 0.3) is 11.1 Å². The summed E-state index contributed by atoms with van der Waals surface area (Å²) in [5.74, 6) is 1.43. The Bertz CT molecular complexity index is 996. The Morgan fingerprint density at radius 1 is 0.933 bits per heavy atom. The van der Waals surface area contributed by atoms with E-state index in [2.05, 4.69) is 4.98 Å². The average molecular weight is 424 g/mol. The Kier molecular flexibility index (Phi) is 5.29. The molecule has 1 aromatic carbocycles. The summed E-state index contributed by atoms with van der Waals surface area (Å²) < 4.78 is 5.93. The fraction of sp³-hybridized carbons (Fsp3) is 0.435. The standard InChI is InChI=1S/C23H25N3O3S/c27-22(17-9-13-26(14-10-17)23(28)20-6-3-15-30-20)25-11-7-16(8-12-25)21-24-18-4-1-2-5-19(18)29-21/h1-6,15-17H,7-14H2. The van der Waals surface area contributed by atoms with Gasteiger partial charge in [-0.05, 0) is 49.3 Å². The van der Waals surface area contributed by atoms with E-state index in [1.54, 1.807) is 0 Å². The van der Waals surface area contributed by atoms with Crippen LogP contribution in [-0.4, -0.2) is 52.8 Å². The Morgan fingerprint density at radius 3 is 2.37 bits per heavy atom. The number of thiophene rings is 1. The van der Waals surface area contributed by atoms with Crippen molar-refractivity contribution in [3.63, 3.8) is 0 Å². The average Bonchev–Trinajstić information content (AvgIpc) is 3.48. The summed E-state index contributed by atoms with van der Waals surface area (Å²) in [5.41, 5.74) is 1.73. The van der Waals surface area contributed by atoms with Crippen molar-refractivity contribution in [2.24, 2.45) is 5.92 Å². The summed E-state index contributed by atoms with van der Waals surface area (Å²) in [6.45, 7) is 2.81. The number of carbonyl (C=O) groups is 2. The van der Waals surface area contributed by atoms with E-state index >= 15 is 0 Å². The van der Waals surface area contributed by atoms with Gasteiger partial charge in [0.15, 0.2) is 11.5 Å². The molecule has 0 radical (unpaired) electrons. The molecule has 0 saturated carbocycles. The van der Waals surface area contributed by atoms with Crippen molar-refractivity contribution in [3.05, 3.63) is 52.5 Å². The lowest BCUT2D eigenvalue weighted by Gasteiger charge is -2.36. The van der Waals surface area contributed by atoms with Crippen molar-refractivity contribution in [2.45, 2.75) is 31.6 Å². The third-order valence-electron chi connectivity index (χ3n) is 6.33. The summed E-state index contributed by atoms with van der Waals surface area (Å²) in [6, 6.07) is 11.6. The fourth-order valence-electron chi connectivity index (χ4n) is 4.56. The van der Waals surface area contributed by atoms with Crippen LogP contribution in [0.1, 0.15) is 47.2 Å². The van der Waals surface area contributed by atoms with Gasteiger partial charge in [0.25, 0.3) is 5.91 Å². The highest BCUT2D eigenvalue weighted by atomic mass is 32.1. The SMILES string of the molecule is O=C(c1cccs1)N1CCC(C(=O)N2CCC(c3nc4ccccc4o3)CC2)CC1. The zero-order valence-corrected chi connectivity index (χ0v) is 17.6. The van der Waals surface area contributed by atoms with Gasteiger partial charge < -0.3 is 14.2 Å². The quantitative estimate of drug-likeness (QED) is 0.635. The minimum absolute atomic E-state index is 0.0262. The predicted octanol–water partition coefficient (Wildman–Crippen LogP) is 4.15. The number of oxazole rings is 1. The van der Waals surface area contributed by atoms with Crippen LogP contribution in [0.3, 0.4) is 0 Å². The number of para-hydroxylation sites is 2. The first-order valence-corrected chi connectivity index (χ1v) is 11.5. The van der Waals surface area contributed by atoms with Gasteiger partial charge in [0.1, 0.15) is 5.52 Å². The smallest absolute Gasteiger partial charge is 0.263 e. The molecule has 2 aromatic heterocycles. The molecular weight excluding hydrogens is 398 g/mol. The molecular formula is C23H25N3O3S. The number of nitrogens with zero attached hydrogens (tertiary/aromatic N) is 3. The molecule has 156 valence electrons. The van der Waals surface area contributed by atoms with Crippen molar-refractivity contribution in [1.82, 2.24) is 14.8 Å². The number of piperidine rings is 2. The zero-order valence-electron chi connectivity index (χ0n) is 16.8. The number of rotatable bonds is 3. The number of amides is 2. The van der Waals surface area contributed by atoms with Crippen LogP contribution >= 0.6 is 11.3 Å². The first-order valence-electron chi connectivity index (χ1n) is 10.7. The molecule has 3 aromatic rings. The van der Waals surface area contributed by atoms with Gasteiger partial charge in [0.05, 0.1) is 4.88 Å². The molecule has 2 amide bonds. The molecule has 0 spiro atoms. The Balaban J connectivity index is 1.14. The van der Waals surface area contributed by atoms with Crippen molar-refractivity contribution >= 4 is 34.3 Å². The number of hydrogen-bond donors (Lipinski definition) is 0. The minimum Gasteiger partial charge on any atom is -0.440 e. The van der Waals surface area contributed by atoms with Crippen LogP contribution in [0.15, 0.2) is 46.2 Å². The number of benzene rings is 1. The van der Waals surface area contributed by atoms with Gasteiger partial charge in [-0.15, -0.1) is 11.3 Å². The maximum Gasteiger partial charge on any atom is 0.263 e. The van der Waals surface area contributed by atoms with Gasteiger partial charge >= 0.3 is 0 Å². The second kappa shape index (κ2) is 8.22. The number of aromatic nitrogens is 1. The molecule has 0 bridgehead atoms. The van der Waals surface area contributed by atoms with E-state index in [1.807, 2.05) is 51.6 Å². The van der Waals surface area contributed by atoms with E-state index in [9.17, 15) is 9.59 Å². The van der Waals surface area contributed by atoms with E-state index in [4.69, 9.17) is 4.42 Å². The van der Waals surface area contributed by atoms with E-state index in [-0.39, 0.29) is 23.7 Å².